The minimum Gasteiger partial charge on any atom is -0.378 e. The maximum Gasteiger partial charge on any atom is 0.227 e. The monoisotopic (exact) mass is 307 g/mol. The van der Waals surface area contributed by atoms with Crippen molar-refractivity contribution in [2.75, 3.05) is 10.6 Å². The first-order valence-corrected chi connectivity index (χ1v) is 8.22. The molecule has 118 valence electrons. The highest BCUT2D eigenvalue weighted by Crippen LogP contribution is 2.39. The summed E-state index contributed by atoms with van der Waals surface area (Å²) in [5, 5.41) is 6.55. The minimum atomic E-state index is 0.0847. The Kier molecular flexibility index (Phi) is 3.54. The van der Waals surface area contributed by atoms with Crippen molar-refractivity contribution in [3.05, 3.63) is 59.7 Å². The van der Waals surface area contributed by atoms with Crippen LogP contribution in [0.3, 0.4) is 0 Å². The Hall–Kier alpha value is -2.33. The summed E-state index contributed by atoms with van der Waals surface area (Å²) in [7, 11) is 0. The van der Waals surface area contributed by atoms with E-state index in [0.717, 1.165) is 30.6 Å². The van der Waals surface area contributed by atoms with Crippen LogP contribution in [0.4, 0.5) is 11.4 Å². The van der Waals surface area contributed by atoms with Crippen molar-refractivity contribution in [3.63, 3.8) is 0 Å². The van der Waals surface area contributed by atoms with E-state index in [4.69, 9.17) is 5.73 Å². The molecule has 0 radical (unpaired) electrons. The van der Waals surface area contributed by atoms with Gasteiger partial charge in [-0.3, -0.25) is 4.79 Å². The number of nitrogens with one attached hydrogen (secondary N) is 2. The summed E-state index contributed by atoms with van der Waals surface area (Å²) in [5.74, 6) is 0.349. The van der Waals surface area contributed by atoms with Crippen LogP contribution in [0.1, 0.15) is 42.5 Å². The van der Waals surface area contributed by atoms with Crippen LogP contribution in [0.25, 0.3) is 0 Å². The fourth-order valence-corrected chi connectivity index (χ4v) is 3.29. The normalized spacial score (nSPS) is 22.5. The predicted molar refractivity (Wildman–Crippen MR) is 92.1 cm³/mol. The van der Waals surface area contributed by atoms with Crippen LogP contribution in [0.2, 0.25) is 0 Å². The molecular formula is C19H21N3O. The Labute approximate surface area is 136 Å². The molecule has 0 spiro atoms. The zero-order valence-electron chi connectivity index (χ0n) is 13.0. The molecule has 2 aliphatic rings. The summed E-state index contributed by atoms with van der Waals surface area (Å²) in [6, 6.07) is 16.5. The van der Waals surface area contributed by atoms with E-state index >= 15 is 0 Å². The molecule has 1 amide bonds. The maximum atomic E-state index is 11.9. The number of fused-ring (bicyclic) bond motifs is 1. The molecule has 2 aromatic carbocycles. The molecule has 0 aromatic heterocycles. The highest BCUT2D eigenvalue weighted by Gasteiger charge is 2.30. The summed E-state index contributed by atoms with van der Waals surface area (Å²) in [5.41, 5.74) is 10.6. The Balaban J connectivity index is 1.50. The van der Waals surface area contributed by atoms with E-state index in [1.54, 1.807) is 0 Å². The van der Waals surface area contributed by atoms with Crippen LogP contribution in [-0.4, -0.2) is 5.91 Å². The van der Waals surface area contributed by atoms with Crippen molar-refractivity contribution in [2.45, 2.75) is 31.3 Å². The Morgan fingerprint density at radius 3 is 2.52 bits per heavy atom. The van der Waals surface area contributed by atoms with E-state index in [1.807, 2.05) is 30.3 Å². The van der Waals surface area contributed by atoms with Crippen LogP contribution in [0.15, 0.2) is 48.5 Å². The van der Waals surface area contributed by atoms with Crippen LogP contribution in [0, 0.1) is 5.92 Å². The van der Waals surface area contributed by atoms with Gasteiger partial charge >= 0.3 is 0 Å². The van der Waals surface area contributed by atoms with Gasteiger partial charge in [-0.2, -0.15) is 0 Å². The van der Waals surface area contributed by atoms with E-state index in [0.29, 0.717) is 0 Å². The van der Waals surface area contributed by atoms with Crippen LogP contribution >= 0.6 is 0 Å². The summed E-state index contributed by atoms with van der Waals surface area (Å²) < 4.78 is 0. The third kappa shape index (κ3) is 2.94. The lowest BCUT2D eigenvalue weighted by molar-refractivity contribution is -0.117. The zero-order chi connectivity index (χ0) is 15.8. The molecule has 4 N–H and O–H groups in total. The smallest absolute Gasteiger partial charge is 0.227 e. The van der Waals surface area contributed by atoms with Crippen molar-refractivity contribution in [1.29, 1.82) is 0 Å². The first-order valence-electron chi connectivity index (χ1n) is 8.22. The number of rotatable bonds is 4. The van der Waals surface area contributed by atoms with Gasteiger partial charge in [-0.05, 0) is 48.6 Å². The van der Waals surface area contributed by atoms with Gasteiger partial charge in [0, 0.05) is 23.3 Å². The number of hydrogen-bond donors (Lipinski definition) is 3. The van der Waals surface area contributed by atoms with Crippen molar-refractivity contribution in [2.24, 2.45) is 11.7 Å². The molecule has 0 saturated heterocycles. The van der Waals surface area contributed by atoms with Crippen molar-refractivity contribution in [3.8, 4) is 0 Å². The first-order chi connectivity index (χ1) is 11.2. The van der Waals surface area contributed by atoms with Crippen LogP contribution in [-0.2, 0) is 4.79 Å². The molecule has 2 unspecified atom stereocenters. The topological polar surface area (TPSA) is 67.2 Å². The van der Waals surface area contributed by atoms with Crippen molar-refractivity contribution in [1.82, 2.24) is 0 Å². The molecule has 1 saturated carbocycles. The average Bonchev–Trinajstić information content (AvgIpc) is 3.35. The fraction of sp³-hybridized carbons (Fsp3) is 0.316. The van der Waals surface area contributed by atoms with E-state index in [1.165, 1.54) is 11.1 Å². The third-order valence-electron chi connectivity index (χ3n) is 4.68. The molecule has 0 aliphatic heterocycles. The molecule has 4 heteroatoms. The van der Waals surface area contributed by atoms with Gasteiger partial charge in [0.05, 0.1) is 6.04 Å². The van der Waals surface area contributed by atoms with Gasteiger partial charge < -0.3 is 16.4 Å². The second-order valence-electron chi connectivity index (χ2n) is 6.51. The summed E-state index contributed by atoms with van der Waals surface area (Å²) in [4.78, 5) is 11.9. The van der Waals surface area contributed by atoms with Crippen LogP contribution in [0.5, 0.6) is 0 Å². The molecule has 4 rings (SSSR count). The standard InChI is InChI=1S/C19H21N3O/c20-17-11-18(16-7-2-1-6-15(16)17)21-13-4-3-5-14(10-13)22-19(23)12-8-9-12/h1-7,10,12,17-18,21H,8-9,11,20H2,(H,22,23). The Morgan fingerprint density at radius 1 is 1.00 bits per heavy atom. The van der Waals surface area contributed by atoms with Gasteiger partial charge in [0.25, 0.3) is 0 Å². The van der Waals surface area contributed by atoms with Crippen LogP contribution < -0.4 is 16.4 Å². The van der Waals surface area contributed by atoms with Crippen molar-refractivity contribution >= 4 is 17.3 Å². The zero-order valence-corrected chi connectivity index (χ0v) is 13.0. The number of benzene rings is 2. The van der Waals surface area contributed by atoms with E-state index in [-0.39, 0.29) is 23.9 Å². The summed E-state index contributed by atoms with van der Waals surface area (Å²) >= 11 is 0. The molecule has 23 heavy (non-hydrogen) atoms. The van der Waals surface area contributed by atoms with Gasteiger partial charge in [-0.1, -0.05) is 30.3 Å². The van der Waals surface area contributed by atoms with Gasteiger partial charge in [-0.25, -0.2) is 0 Å². The van der Waals surface area contributed by atoms with Gasteiger partial charge in [0.1, 0.15) is 0 Å². The number of carbonyl (C=O) groups is 1. The van der Waals surface area contributed by atoms with Crippen molar-refractivity contribution < 1.29 is 4.79 Å². The first kappa shape index (κ1) is 14.3. The molecule has 4 nitrogen and oxygen atoms in total. The highest BCUT2D eigenvalue weighted by molar-refractivity contribution is 5.94. The lowest BCUT2D eigenvalue weighted by Gasteiger charge is -2.16. The van der Waals surface area contributed by atoms with E-state index < -0.39 is 0 Å². The highest BCUT2D eigenvalue weighted by atomic mass is 16.2. The predicted octanol–water partition coefficient (Wildman–Crippen LogP) is 3.59. The maximum absolute atomic E-state index is 11.9. The number of amides is 1. The second kappa shape index (κ2) is 5.70. The largest absolute Gasteiger partial charge is 0.378 e. The second-order valence-corrected chi connectivity index (χ2v) is 6.51. The molecule has 0 bridgehead atoms. The summed E-state index contributed by atoms with van der Waals surface area (Å²) in [6.45, 7) is 0. The quantitative estimate of drug-likeness (QED) is 0.808. The summed E-state index contributed by atoms with van der Waals surface area (Å²) in [6.07, 6.45) is 2.92. The molecule has 2 atom stereocenters. The third-order valence-corrected chi connectivity index (χ3v) is 4.68. The van der Waals surface area contributed by atoms with E-state index in [9.17, 15) is 4.79 Å². The fourth-order valence-electron chi connectivity index (χ4n) is 3.29. The lowest BCUT2D eigenvalue weighted by atomic mass is 10.1. The van der Waals surface area contributed by atoms with Gasteiger partial charge in [0.2, 0.25) is 5.91 Å². The Bertz CT molecular complexity index is 739. The van der Waals surface area contributed by atoms with Gasteiger partial charge in [0.15, 0.2) is 0 Å². The van der Waals surface area contributed by atoms with E-state index in [2.05, 4.69) is 28.8 Å². The molecule has 1 fully saturated rings. The molecule has 2 aromatic rings. The van der Waals surface area contributed by atoms with Gasteiger partial charge in [-0.15, -0.1) is 0 Å². The number of anilines is 2. The molecule has 0 heterocycles. The minimum absolute atomic E-state index is 0.0847. The molecular weight excluding hydrogens is 286 g/mol. The number of carbonyl (C=O) groups excluding carboxylic acids is 1. The lowest BCUT2D eigenvalue weighted by Crippen LogP contribution is -2.14. The molecule has 2 aliphatic carbocycles. The number of nitrogens with two attached hydrogens (primary N) is 1. The SMILES string of the molecule is NC1CC(Nc2cccc(NC(=O)C3CC3)c2)c2ccccc21. The Morgan fingerprint density at radius 2 is 1.74 bits per heavy atom. The number of hydrogen-bond acceptors (Lipinski definition) is 3. The average molecular weight is 307 g/mol.